The molecule has 0 saturated heterocycles. The van der Waals surface area contributed by atoms with Crippen molar-refractivity contribution < 1.29 is 19.2 Å². The number of hydrogen-bond donors (Lipinski definition) is 2. The molecule has 1 atom stereocenters. The van der Waals surface area contributed by atoms with Crippen LogP contribution in [0.25, 0.3) is 11.4 Å². The van der Waals surface area contributed by atoms with E-state index in [4.69, 9.17) is 9.63 Å². The molecule has 0 aliphatic carbocycles. The fraction of sp³-hybridized carbons (Fsp3) is 0.429. The zero-order valence-corrected chi connectivity index (χ0v) is 13.1. The van der Waals surface area contributed by atoms with Crippen molar-refractivity contribution in [3.05, 3.63) is 22.7 Å². The largest absolute Gasteiger partial charge is 0.480 e. The van der Waals surface area contributed by atoms with Gasteiger partial charge in [-0.15, -0.1) is 0 Å². The summed E-state index contributed by atoms with van der Waals surface area (Å²) in [5.41, 5.74) is -0.387. The molecule has 118 valence electrons. The van der Waals surface area contributed by atoms with Crippen molar-refractivity contribution in [2.24, 2.45) is 0 Å². The number of nitrogens with zero attached hydrogens (tertiary/aromatic N) is 2. The first-order valence-electron chi connectivity index (χ1n) is 6.84. The predicted molar refractivity (Wildman–Crippen MR) is 80.4 cm³/mol. The second-order valence-electron chi connectivity index (χ2n) is 5.06. The Morgan fingerprint density at radius 3 is 2.86 bits per heavy atom. The highest BCUT2D eigenvalue weighted by atomic mass is 32.1. The molecule has 0 aliphatic heterocycles. The Morgan fingerprint density at radius 1 is 1.50 bits per heavy atom. The van der Waals surface area contributed by atoms with Crippen LogP contribution in [0.15, 0.2) is 21.3 Å². The zero-order valence-electron chi connectivity index (χ0n) is 12.3. The van der Waals surface area contributed by atoms with E-state index in [1.165, 1.54) is 18.3 Å². The molecular formula is C14H17N3O4S. The Hall–Kier alpha value is -2.22. The Balaban J connectivity index is 1.90. The van der Waals surface area contributed by atoms with E-state index in [0.29, 0.717) is 18.1 Å². The van der Waals surface area contributed by atoms with Gasteiger partial charge in [-0.3, -0.25) is 4.79 Å². The normalized spacial score (nSPS) is 13.5. The van der Waals surface area contributed by atoms with Crippen molar-refractivity contribution >= 4 is 23.2 Å². The molecule has 0 aliphatic rings. The molecule has 22 heavy (non-hydrogen) atoms. The van der Waals surface area contributed by atoms with E-state index in [9.17, 15) is 9.59 Å². The number of aromatic nitrogens is 2. The molecule has 2 rings (SSSR count). The van der Waals surface area contributed by atoms with Gasteiger partial charge in [-0.05, 0) is 24.8 Å². The lowest BCUT2D eigenvalue weighted by molar-refractivity contribution is -0.147. The van der Waals surface area contributed by atoms with Gasteiger partial charge in [0.25, 0.3) is 0 Å². The number of carboxylic acid groups (broad SMARTS) is 1. The maximum atomic E-state index is 11.9. The van der Waals surface area contributed by atoms with E-state index in [1.54, 1.807) is 6.92 Å². The van der Waals surface area contributed by atoms with Crippen molar-refractivity contribution in [1.29, 1.82) is 0 Å². The maximum absolute atomic E-state index is 11.9. The first kappa shape index (κ1) is 16.2. The van der Waals surface area contributed by atoms with Crippen LogP contribution < -0.4 is 5.32 Å². The third-order valence-electron chi connectivity index (χ3n) is 3.41. The molecule has 0 fully saturated rings. The Bertz CT molecular complexity index is 653. The molecule has 8 heteroatoms. The SMILES string of the molecule is CCC(C)(NC(=O)CCc1nc(-c2ccsc2)no1)C(=O)O. The summed E-state index contributed by atoms with van der Waals surface area (Å²) in [6, 6.07) is 1.88. The minimum Gasteiger partial charge on any atom is -0.480 e. The fourth-order valence-corrected chi connectivity index (χ4v) is 2.38. The molecule has 2 aromatic rings. The number of carboxylic acids is 1. The molecule has 0 radical (unpaired) electrons. The second kappa shape index (κ2) is 6.69. The third kappa shape index (κ3) is 3.70. The molecule has 1 amide bonds. The summed E-state index contributed by atoms with van der Waals surface area (Å²) in [6.07, 6.45) is 0.660. The van der Waals surface area contributed by atoms with Gasteiger partial charge in [0.05, 0.1) is 0 Å². The molecule has 1 unspecified atom stereocenters. The van der Waals surface area contributed by atoms with Gasteiger partial charge in [0.15, 0.2) is 0 Å². The quantitative estimate of drug-likeness (QED) is 0.808. The molecule has 0 aromatic carbocycles. The van der Waals surface area contributed by atoms with Crippen molar-refractivity contribution in [3.63, 3.8) is 0 Å². The van der Waals surface area contributed by atoms with Crippen LogP contribution in [0.3, 0.4) is 0 Å². The number of carbonyl (C=O) groups is 2. The number of rotatable bonds is 7. The van der Waals surface area contributed by atoms with Gasteiger partial charge in [0.1, 0.15) is 5.54 Å². The minimum absolute atomic E-state index is 0.0914. The van der Waals surface area contributed by atoms with E-state index >= 15 is 0 Å². The number of amides is 1. The monoisotopic (exact) mass is 323 g/mol. The molecule has 0 spiro atoms. The summed E-state index contributed by atoms with van der Waals surface area (Å²) >= 11 is 1.53. The molecule has 0 bridgehead atoms. The lowest BCUT2D eigenvalue weighted by Crippen LogP contribution is -2.51. The molecule has 7 nitrogen and oxygen atoms in total. The molecule has 2 heterocycles. The summed E-state index contributed by atoms with van der Waals surface area (Å²) in [4.78, 5) is 27.2. The van der Waals surface area contributed by atoms with Crippen LogP contribution in [0, 0.1) is 0 Å². The summed E-state index contributed by atoms with van der Waals surface area (Å²) in [7, 11) is 0. The standard InChI is InChI=1S/C14H17N3O4S/c1-3-14(2,13(19)20)16-10(18)4-5-11-15-12(17-21-11)9-6-7-22-8-9/h6-8H,3-5H2,1-2H3,(H,16,18)(H,19,20). The summed E-state index contributed by atoms with van der Waals surface area (Å²) in [5, 5.41) is 19.3. The Kier molecular flexibility index (Phi) is 4.92. The van der Waals surface area contributed by atoms with E-state index in [-0.39, 0.29) is 18.7 Å². The van der Waals surface area contributed by atoms with Crippen molar-refractivity contribution in [3.8, 4) is 11.4 Å². The summed E-state index contributed by atoms with van der Waals surface area (Å²) < 4.78 is 5.09. The van der Waals surface area contributed by atoms with Gasteiger partial charge in [-0.25, -0.2) is 4.79 Å². The average Bonchev–Trinajstić information content (AvgIpc) is 3.15. The topological polar surface area (TPSA) is 105 Å². The lowest BCUT2D eigenvalue weighted by Gasteiger charge is -2.24. The molecule has 2 aromatic heterocycles. The maximum Gasteiger partial charge on any atom is 0.329 e. The highest BCUT2D eigenvalue weighted by molar-refractivity contribution is 7.08. The highest BCUT2D eigenvalue weighted by Crippen LogP contribution is 2.19. The van der Waals surface area contributed by atoms with Gasteiger partial charge in [0, 0.05) is 23.8 Å². The van der Waals surface area contributed by atoms with E-state index < -0.39 is 11.5 Å². The van der Waals surface area contributed by atoms with Gasteiger partial charge < -0.3 is 14.9 Å². The molecular weight excluding hydrogens is 306 g/mol. The number of thiophene rings is 1. The number of nitrogens with one attached hydrogen (secondary N) is 1. The number of hydrogen-bond acceptors (Lipinski definition) is 6. The van der Waals surface area contributed by atoms with Gasteiger partial charge in [-0.2, -0.15) is 16.3 Å². The van der Waals surface area contributed by atoms with Crippen LogP contribution in [0.4, 0.5) is 0 Å². The summed E-state index contributed by atoms with van der Waals surface area (Å²) in [5.74, 6) is -0.576. The van der Waals surface area contributed by atoms with Crippen LogP contribution in [0.5, 0.6) is 0 Å². The van der Waals surface area contributed by atoms with Crippen LogP contribution in [-0.2, 0) is 16.0 Å². The second-order valence-corrected chi connectivity index (χ2v) is 5.84. The van der Waals surface area contributed by atoms with Crippen LogP contribution in [0.2, 0.25) is 0 Å². The number of aliphatic carboxylic acids is 1. The fourth-order valence-electron chi connectivity index (χ4n) is 1.75. The van der Waals surface area contributed by atoms with Gasteiger partial charge in [-0.1, -0.05) is 12.1 Å². The average molecular weight is 323 g/mol. The first-order chi connectivity index (χ1) is 10.4. The Morgan fingerprint density at radius 2 is 2.27 bits per heavy atom. The zero-order chi connectivity index (χ0) is 16.2. The lowest BCUT2D eigenvalue weighted by atomic mass is 9.99. The first-order valence-corrected chi connectivity index (χ1v) is 7.78. The van der Waals surface area contributed by atoms with E-state index in [1.807, 2.05) is 16.8 Å². The number of aryl methyl sites for hydroxylation is 1. The van der Waals surface area contributed by atoms with Crippen molar-refractivity contribution in [1.82, 2.24) is 15.5 Å². The van der Waals surface area contributed by atoms with E-state index in [0.717, 1.165) is 5.56 Å². The van der Waals surface area contributed by atoms with Crippen molar-refractivity contribution in [2.75, 3.05) is 0 Å². The van der Waals surface area contributed by atoms with Gasteiger partial charge in [0.2, 0.25) is 17.6 Å². The number of carbonyl (C=O) groups excluding carboxylic acids is 1. The predicted octanol–water partition coefficient (Wildman–Crippen LogP) is 2.10. The Labute approximate surface area is 131 Å². The minimum atomic E-state index is -1.26. The molecule has 2 N–H and O–H groups in total. The van der Waals surface area contributed by atoms with Crippen LogP contribution in [0.1, 0.15) is 32.6 Å². The van der Waals surface area contributed by atoms with Crippen LogP contribution in [-0.4, -0.2) is 32.7 Å². The highest BCUT2D eigenvalue weighted by Gasteiger charge is 2.32. The third-order valence-corrected chi connectivity index (χ3v) is 4.09. The molecule has 0 saturated carbocycles. The van der Waals surface area contributed by atoms with Gasteiger partial charge >= 0.3 is 5.97 Å². The summed E-state index contributed by atoms with van der Waals surface area (Å²) in [6.45, 7) is 3.19. The van der Waals surface area contributed by atoms with E-state index in [2.05, 4.69) is 15.5 Å². The van der Waals surface area contributed by atoms with Crippen LogP contribution >= 0.6 is 11.3 Å². The van der Waals surface area contributed by atoms with Crippen molar-refractivity contribution in [2.45, 2.75) is 38.6 Å². The smallest absolute Gasteiger partial charge is 0.329 e.